The van der Waals surface area contributed by atoms with Crippen molar-refractivity contribution >= 4 is 5.97 Å². The van der Waals surface area contributed by atoms with Gasteiger partial charge in [0, 0.05) is 5.57 Å². The molecule has 0 atom stereocenters. The summed E-state index contributed by atoms with van der Waals surface area (Å²) in [4.78, 5) is 11.2. The van der Waals surface area contributed by atoms with Crippen LogP contribution in [-0.4, -0.2) is 67.7 Å². The highest BCUT2D eigenvalue weighted by Crippen LogP contribution is 2.01. The zero-order valence-corrected chi connectivity index (χ0v) is 11.9. The van der Waals surface area contributed by atoms with E-state index in [1.54, 1.807) is 6.92 Å². The largest absolute Gasteiger partial charge is 0.481 e. The van der Waals surface area contributed by atoms with Crippen molar-refractivity contribution in [3.8, 4) is 0 Å². The Morgan fingerprint density at radius 3 is 2.47 bits per heavy atom. The highest BCUT2D eigenvalue weighted by Gasteiger charge is 2.15. The highest BCUT2D eigenvalue weighted by molar-refractivity contribution is 5.86. The van der Waals surface area contributed by atoms with Crippen LogP contribution in [0.3, 0.4) is 0 Å². The number of ether oxygens (including phenoxy) is 2. The standard InChI is InChI=1S/C13H23NO5/c1-11(2)13(17)19-9-7-14(3,4)6-5-12(16)18-10-8-15/h5,15H,1,6-10H2,2-4H3/p+1/b12-5+. The van der Waals surface area contributed by atoms with Gasteiger partial charge < -0.3 is 24.2 Å². The predicted molar refractivity (Wildman–Crippen MR) is 71.4 cm³/mol. The van der Waals surface area contributed by atoms with Crippen molar-refractivity contribution in [2.45, 2.75) is 6.92 Å². The Morgan fingerprint density at radius 2 is 1.95 bits per heavy atom. The van der Waals surface area contributed by atoms with Gasteiger partial charge >= 0.3 is 5.97 Å². The summed E-state index contributed by atoms with van der Waals surface area (Å²) >= 11 is 0. The van der Waals surface area contributed by atoms with Gasteiger partial charge in [-0.2, -0.15) is 0 Å². The maximum absolute atomic E-state index is 11.2. The second kappa shape index (κ2) is 8.55. The molecular formula is C13H24NO5+. The third-order valence-electron chi connectivity index (χ3n) is 2.38. The lowest BCUT2D eigenvalue weighted by atomic mass is 10.3. The third kappa shape index (κ3) is 9.10. The molecule has 0 aliphatic heterocycles. The summed E-state index contributed by atoms with van der Waals surface area (Å²) < 4.78 is 10.4. The molecule has 0 aromatic heterocycles. The van der Waals surface area contributed by atoms with Crippen LogP contribution in [0.5, 0.6) is 0 Å². The number of quaternary nitrogens is 1. The third-order valence-corrected chi connectivity index (χ3v) is 2.38. The van der Waals surface area contributed by atoms with Gasteiger partial charge in [-0.3, -0.25) is 0 Å². The molecule has 110 valence electrons. The lowest BCUT2D eigenvalue weighted by Crippen LogP contribution is -2.42. The first kappa shape index (κ1) is 17.5. The molecular weight excluding hydrogens is 250 g/mol. The average molecular weight is 274 g/mol. The van der Waals surface area contributed by atoms with Crippen LogP contribution in [0.2, 0.25) is 0 Å². The Bertz CT molecular complexity index is 336. The van der Waals surface area contributed by atoms with Crippen molar-refractivity contribution in [2.24, 2.45) is 0 Å². The SMILES string of the molecule is C=C(C)C(=O)OCC[N+](C)(C)C/C=C(\O)OCCO. The summed E-state index contributed by atoms with van der Waals surface area (Å²) in [7, 11) is 3.87. The monoisotopic (exact) mass is 274 g/mol. The number of likely N-dealkylation sites (N-methyl/N-ethyl adjacent to an activating group) is 1. The van der Waals surface area contributed by atoms with E-state index in [2.05, 4.69) is 6.58 Å². The molecule has 0 spiro atoms. The van der Waals surface area contributed by atoms with Crippen LogP contribution in [-0.2, 0) is 14.3 Å². The highest BCUT2D eigenvalue weighted by atomic mass is 16.6. The first-order valence-corrected chi connectivity index (χ1v) is 6.06. The first-order chi connectivity index (χ1) is 8.78. The fraction of sp³-hybridized carbons (Fsp3) is 0.615. The maximum Gasteiger partial charge on any atom is 0.333 e. The zero-order chi connectivity index (χ0) is 14.9. The van der Waals surface area contributed by atoms with E-state index >= 15 is 0 Å². The van der Waals surface area contributed by atoms with E-state index in [1.807, 2.05) is 14.1 Å². The smallest absolute Gasteiger partial charge is 0.333 e. The van der Waals surface area contributed by atoms with Gasteiger partial charge in [-0.15, -0.1) is 0 Å². The molecule has 0 aromatic carbocycles. The van der Waals surface area contributed by atoms with Crippen molar-refractivity contribution in [2.75, 3.05) is 47.0 Å². The van der Waals surface area contributed by atoms with E-state index in [4.69, 9.17) is 14.6 Å². The topological polar surface area (TPSA) is 76.0 Å². The average Bonchev–Trinajstić information content (AvgIpc) is 2.33. The Hall–Kier alpha value is -1.53. The second-order valence-corrected chi connectivity index (χ2v) is 4.87. The molecule has 6 heteroatoms. The number of nitrogens with zero attached hydrogens (tertiary/aromatic N) is 1. The van der Waals surface area contributed by atoms with Crippen molar-refractivity contribution in [3.05, 3.63) is 24.2 Å². The van der Waals surface area contributed by atoms with E-state index < -0.39 is 5.97 Å². The van der Waals surface area contributed by atoms with Crippen LogP contribution in [0.4, 0.5) is 0 Å². The molecule has 0 fully saturated rings. The zero-order valence-electron chi connectivity index (χ0n) is 11.9. The minimum atomic E-state index is -0.398. The van der Waals surface area contributed by atoms with Crippen molar-refractivity contribution < 1.29 is 29.0 Å². The van der Waals surface area contributed by atoms with E-state index in [0.717, 1.165) is 0 Å². The summed E-state index contributed by atoms with van der Waals surface area (Å²) in [5.41, 5.74) is 0.375. The number of hydrogen-bond donors (Lipinski definition) is 2. The lowest BCUT2D eigenvalue weighted by Gasteiger charge is -2.28. The van der Waals surface area contributed by atoms with E-state index in [0.29, 0.717) is 23.1 Å². The maximum atomic E-state index is 11.2. The molecule has 0 heterocycles. The summed E-state index contributed by atoms with van der Waals surface area (Å²) in [5, 5.41) is 17.9. The Kier molecular flexibility index (Phi) is 7.86. The van der Waals surface area contributed by atoms with E-state index in [1.165, 1.54) is 6.08 Å². The molecule has 0 rings (SSSR count). The normalized spacial score (nSPS) is 12.1. The van der Waals surface area contributed by atoms with Crippen LogP contribution < -0.4 is 0 Å². The number of carbonyl (C=O) groups excluding carboxylic acids is 1. The van der Waals surface area contributed by atoms with E-state index in [-0.39, 0.29) is 25.8 Å². The Labute approximate surface area is 114 Å². The lowest BCUT2D eigenvalue weighted by molar-refractivity contribution is -0.884. The van der Waals surface area contributed by atoms with Gasteiger partial charge in [0.25, 0.3) is 5.95 Å². The number of carbonyl (C=O) groups is 1. The van der Waals surface area contributed by atoms with Gasteiger partial charge in [0.15, 0.2) is 0 Å². The van der Waals surface area contributed by atoms with Crippen LogP contribution in [0.1, 0.15) is 6.92 Å². The van der Waals surface area contributed by atoms with Gasteiger partial charge in [0.1, 0.15) is 26.3 Å². The van der Waals surface area contributed by atoms with Crippen LogP contribution >= 0.6 is 0 Å². The van der Waals surface area contributed by atoms with Crippen molar-refractivity contribution in [1.29, 1.82) is 0 Å². The van der Waals surface area contributed by atoms with Gasteiger partial charge in [0.2, 0.25) is 0 Å². The number of aliphatic hydroxyl groups is 2. The molecule has 0 aliphatic rings. The van der Waals surface area contributed by atoms with Gasteiger partial charge in [0.05, 0.1) is 26.8 Å². The molecule has 0 radical (unpaired) electrons. The fourth-order valence-corrected chi connectivity index (χ4v) is 1.13. The van der Waals surface area contributed by atoms with Gasteiger partial charge in [-0.05, 0) is 6.92 Å². The summed E-state index contributed by atoms with van der Waals surface area (Å²) in [6, 6.07) is 0. The molecule has 2 N–H and O–H groups in total. The first-order valence-electron chi connectivity index (χ1n) is 6.06. The molecule has 0 saturated carbocycles. The molecule has 6 nitrogen and oxygen atoms in total. The second-order valence-electron chi connectivity index (χ2n) is 4.87. The quantitative estimate of drug-likeness (QED) is 0.278. The molecule has 0 aliphatic carbocycles. The van der Waals surface area contributed by atoms with Crippen LogP contribution in [0, 0.1) is 0 Å². The Balaban J connectivity index is 4.04. The number of hydrogen-bond acceptors (Lipinski definition) is 5. The molecule has 19 heavy (non-hydrogen) atoms. The van der Waals surface area contributed by atoms with E-state index in [9.17, 15) is 9.90 Å². The molecule has 0 bridgehead atoms. The fourth-order valence-electron chi connectivity index (χ4n) is 1.13. The molecule has 0 saturated heterocycles. The summed E-state index contributed by atoms with van der Waals surface area (Å²) in [5.74, 6) is -0.608. The van der Waals surface area contributed by atoms with Crippen LogP contribution in [0.15, 0.2) is 24.2 Å². The van der Waals surface area contributed by atoms with Gasteiger partial charge in [-0.1, -0.05) is 6.58 Å². The van der Waals surface area contributed by atoms with Crippen molar-refractivity contribution in [1.82, 2.24) is 0 Å². The molecule has 0 aromatic rings. The van der Waals surface area contributed by atoms with Crippen LogP contribution in [0.25, 0.3) is 0 Å². The Morgan fingerprint density at radius 1 is 1.32 bits per heavy atom. The minimum Gasteiger partial charge on any atom is -0.481 e. The predicted octanol–water partition coefficient (Wildman–Crippen LogP) is 0.590. The molecule has 0 unspecified atom stereocenters. The minimum absolute atomic E-state index is 0.0615. The van der Waals surface area contributed by atoms with Gasteiger partial charge in [-0.25, -0.2) is 4.79 Å². The summed E-state index contributed by atoms with van der Waals surface area (Å²) in [6.07, 6.45) is 1.52. The molecule has 0 amide bonds. The summed E-state index contributed by atoms with van der Waals surface area (Å²) in [6.45, 7) is 6.41. The number of aliphatic hydroxyl groups excluding tert-OH is 2. The number of rotatable bonds is 9. The number of esters is 1. The van der Waals surface area contributed by atoms with Crippen molar-refractivity contribution in [3.63, 3.8) is 0 Å².